The highest BCUT2D eigenvalue weighted by atomic mass is 16.2. The molecular weight excluding hydrogens is 214 g/mol. The molecule has 0 fully saturated rings. The van der Waals surface area contributed by atoms with Gasteiger partial charge in [-0.05, 0) is 33.6 Å². The van der Waals surface area contributed by atoms with Crippen molar-refractivity contribution in [1.29, 1.82) is 0 Å². The summed E-state index contributed by atoms with van der Waals surface area (Å²) in [5, 5.41) is 2.90. The van der Waals surface area contributed by atoms with Crippen LogP contribution in [0.4, 0.5) is 0 Å². The first-order valence-electron chi connectivity index (χ1n) is 6.56. The van der Waals surface area contributed by atoms with Crippen LogP contribution in [-0.2, 0) is 4.79 Å². The van der Waals surface area contributed by atoms with Crippen molar-refractivity contribution >= 4 is 5.91 Å². The lowest BCUT2D eigenvalue weighted by molar-refractivity contribution is -0.123. The molecule has 4 nitrogen and oxygen atoms in total. The largest absolute Gasteiger partial charge is 0.353 e. The predicted octanol–water partition coefficient (Wildman–Crippen LogP) is 1.20. The molecule has 4 heteroatoms. The molecule has 0 aromatic rings. The van der Waals surface area contributed by atoms with Gasteiger partial charge in [-0.1, -0.05) is 13.8 Å². The summed E-state index contributed by atoms with van der Waals surface area (Å²) in [6.45, 7) is 14.1. The maximum atomic E-state index is 11.7. The van der Waals surface area contributed by atoms with Crippen LogP contribution in [0.3, 0.4) is 0 Å². The van der Waals surface area contributed by atoms with Gasteiger partial charge in [0.25, 0.3) is 0 Å². The fourth-order valence-electron chi connectivity index (χ4n) is 1.84. The SMILES string of the molecule is CC(C)[C@@H](N)C(=O)NCCN(C(C)C)C(C)C. The summed E-state index contributed by atoms with van der Waals surface area (Å²) in [7, 11) is 0. The number of hydrogen-bond acceptors (Lipinski definition) is 3. The first kappa shape index (κ1) is 16.4. The van der Waals surface area contributed by atoms with E-state index in [0.29, 0.717) is 18.6 Å². The molecule has 17 heavy (non-hydrogen) atoms. The Hall–Kier alpha value is -0.610. The Balaban J connectivity index is 4.01. The third-order valence-electron chi connectivity index (χ3n) is 3.02. The van der Waals surface area contributed by atoms with Crippen LogP contribution in [-0.4, -0.2) is 42.0 Å². The summed E-state index contributed by atoms with van der Waals surface area (Å²) in [6, 6.07) is 0.581. The number of carbonyl (C=O) groups is 1. The van der Waals surface area contributed by atoms with Gasteiger partial charge >= 0.3 is 0 Å². The van der Waals surface area contributed by atoms with E-state index in [4.69, 9.17) is 5.73 Å². The highest BCUT2D eigenvalue weighted by Crippen LogP contribution is 2.03. The number of nitrogens with zero attached hydrogens (tertiary/aromatic N) is 1. The number of nitrogens with two attached hydrogens (primary N) is 1. The lowest BCUT2D eigenvalue weighted by atomic mass is 10.1. The Morgan fingerprint density at radius 2 is 1.59 bits per heavy atom. The van der Waals surface area contributed by atoms with Gasteiger partial charge in [-0.3, -0.25) is 9.69 Å². The molecule has 0 saturated carbocycles. The maximum absolute atomic E-state index is 11.7. The minimum absolute atomic E-state index is 0.0486. The Bertz CT molecular complexity index is 219. The zero-order valence-electron chi connectivity index (χ0n) is 12.2. The van der Waals surface area contributed by atoms with Crippen LogP contribution in [0.5, 0.6) is 0 Å². The van der Waals surface area contributed by atoms with Gasteiger partial charge in [-0.2, -0.15) is 0 Å². The lowest BCUT2D eigenvalue weighted by Gasteiger charge is -2.30. The molecule has 0 spiro atoms. The van der Waals surface area contributed by atoms with Gasteiger partial charge in [0, 0.05) is 25.2 Å². The van der Waals surface area contributed by atoms with E-state index in [1.807, 2.05) is 13.8 Å². The normalized spacial score (nSPS) is 13.8. The maximum Gasteiger partial charge on any atom is 0.237 e. The van der Waals surface area contributed by atoms with Crippen LogP contribution < -0.4 is 11.1 Å². The van der Waals surface area contributed by atoms with Crippen molar-refractivity contribution in [3.8, 4) is 0 Å². The van der Waals surface area contributed by atoms with Crippen molar-refractivity contribution in [2.75, 3.05) is 13.1 Å². The molecule has 1 amide bonds. The van der Waals surface area contributed by atoms with Crippen LogP contribution in [0.1, 0.15) is 41.5 Å². The summed E-state index contributed by atoms with van der Waals surface area (Å²) in [5.74, 6) is 0.133. The van der Waals surface area contributed by atoms with E-state index in [-0.39, 0.29) is 11.8 Å². The number of hydrogen-bond donors (Lipinski definition) is 2. The van der Waals surface area contributed by atoms with Crippen LogP contribution >= 0.6 is 0 Å². The molecule has 1 atom stereocenters. The number of nitrogens with one attached hydrogen (secondary N) is 1. The molecule has 0 heterocycles. The fourth-order valence-corrected chi connectivity index (χ4v) is 1.84. The molecule has 0 radical (unpaired) electrons. The molecule has 0 aliphatic carbocycles. The van der Waals surface area contributed by atoms with Gasteiger partial charge in [-0.25, -0.2) is 0 Å². The Labute approximate surface area is 106 Å². The average Bonchev–Trinajstić information content (AvgIpc) is 2.21. The van der Waals surface area contributed by atoms with Gasteiger partial charge in [0.15, 0.2) is 0 Å². The number of carbonyl (C=O) groups excluding carboxylic acids is 1. The first-order chi connectivity index (χ1) is 7.77. The molecule has 0 rings (SSSR count). The Morgan fingerprint density at radius 1 is 1.12 bits per heavy atom. The number of amides is 1. The molecule has 0 aliphatic heterocycles. The molecular formula is C13H29N3O. The van der Waals surface area contributed by atoms with Crippen molar-refractivity contribution in [2.45, 2.75) is 59.7 Å². The molecule has 0 unspecified atom stereocenters. The van der Waals surface area contributed by atoms with Crippen molar-refractivity contribution in [1.82, 2.24) is 10.2 Å². The third-order valence-corrected chi connectivity index (χ3v) is 3.02. The highest BCUT2D eigenvalue weighted by Gasteiger charge is 2.17. The van der Waals surface area contributed by atoms with E-state index in [1.54, 1.807) is 0 Å². The first-order valence-corrected chi connectivity index (χ1v) is 6.56. The molecule has 102 valence electrons. The summed E-state index contributed by atoms with van der Waals surface area (Å²) < 4.78 is 0. The molecule has 0 bridgehead atoms. The molecule has 3 N–H and O–H groups in total. The highest BCUT2D eigenvalue weighted by molar-refractivity contribution is 5.81. The second kappa shape index (κ2) is 7.67. The Kier molecular flexibility index (Phi) is 7.39. The van der Waals surface area contributed by atoms with Gasteiger partial charge < -0.3 is 11.1 Å². The second-order valence-corrected chi connectivity index (χ2v) is 5.49. The van der Waals surface area contributed by atoms with E-state index in [2.05, 4.69) is 37.9 Å². The summed E-state index contributed by atoms with van der Waals surface area (Å²) in [6.07, 6.45) is 0. The summed E-state index contributed by atoms with van der Waals surface area (Å²) >= 11 is 0. The van der Waals surface area contributed by atoms with Crippen LogP contribution in [0.2, 0.25) is 0 Å². The molecule has 0 aliphatic rings. The van der Waals surface area contributed by atoms with Gasteiger partial charge in [0.2, 0.25) is 5.91 Å². The van der Waals surface area contributed by atoms with E-state index < -0.39 is 6.04 Å². The van der Waals surface area contributed by atoms with Gasteiger partial charge in [0.05, 0.1) is 6.04 Å². The smallest absolute Gasteiger partial charge is 0.237 e. The summed E-state index contributed by atoms with van der Waals surface area (Å²) in [4.78, 5) is 14.0. The fraction of sp³-hybridized carbons (Fsp3) is 0.923. The van der Waals surface area contributed by atoms with Crippen LogP contribution in [0.15, 0.2) is 0 Å². The molecule has 0 aromatic carbocycles. The number of rotatable bonds is 7. The molecule has 0 aromatic heterocycles. The zero-order chi connectivity index (χ0) is 13.6. The standard InChI is InChI=1S/C13H29N3O/c1-9(2)12(14)13(17)15-7-8-16(10(3)4)11(5)6/h9-12H,7-8,14H2,1-6H3,(H,15,17)/t12-/m1/s1. The van der Waals surface area contributed by atoms with Crippen LogP contribution in [0, 0.1) is 5.92 Å². The van der Waals surface area contributed by atoms with Crippen molar-refractivity contribution in [3.63, 3.8) is 0 Å². The predicted molar refractivity (Wildman–Crippen MR) is 72.8 cm³/mol. The average molecular weight is 243 g/mol. The lowest BCUT2D eigenvalue weighted by Crippen LogP contribution is -2.47. The van der Waals surface area contributed by atoms with Crippen molar-refractivity contribution in [2.24, 2.45) is 11.7 Å². The quantitative estimate of drug-likeness (QED) is 0.706. The van der Waals surface area contributed by atoms with E-state index >= 15 is 0 Å². The van der Waals surface area contributed by atoms with E-state index in [0.717, 1.165) is 6.54 Å². The second-order valence-electron chi connectivity index (χ2n) is 5.49. The van der Waals surface area contributed by atoms with Crippen molar-refractivity contribution < 1.29 is 4.79 Å². The minimum Gasteiger partial charge on any atom is -0.353 e. The topological polar surface area (TPSA) is 58.4 Å². The van der Waals surface area contributed by atoms with Gasteiger partial charge in [-0.15, -0.1) is 0 Å². The summed E-state index contributed by atoms with van der Waals surface area (Å²) in [5.41, 5.74) is 5.77. The minimum atomic E-state index is -0.401. The van der Waals surface area contributed by atoms with E-state index in [9.17, 15) is 4.79 Å². The van der Waals surface area contributed by atoms with Crippen molar-refractivity contribution in [3.05, 3.63) is 0 Å². The van der Waals surface area contributed by atoms with Crippen LogP contribution in [0.25, 0.3) is 0 Å². The van der Waals surface area contributed by atoms with E-state index in [1.165, 1.54) is 0 Å². The zero-order valence-corrected chi connectivity index (χ0v) is 12.2. The third kappa shape index (κ3) is 6.03. The Morgan fingerprint density at radius 3 is 1.94 bits per heavy atom. The van der Waals surface area contributed by atoms with Gasteiger partial charge in [0.1, 0.15) is 0 Å². The molecule has 0 saturated heterocycles. The monoisotopic (exact) mass is 243 g/mol.